The molecule has 4 rings (SSSR count). The first-order chi connectivity index (χ1) is 18.9. The SMILES string of the molecule is O=c1ccn(C2OC(COP(O)OP(O)O)C(O)C2O)c(=O)n1Cc1nccc(-c2ccccc2)c1C(F)(F)F. The summed E-state index contributed by atoms with van der Waals surface area (Å²) in [6.07, 6.45) is -9.22. The number of benzene rings is 1. The van der Waals surface area contributed by atoms with Crippen LogP contribution in [-0.4, -0.2) is 63.9 Å². The highest BCUT2D eigenvalue weighted by Crippen LogP contribution is 2.46. The van der Waals surface area contributed by atoms with Crippen LogP contribution in [0.1, 0.15) is 17.5 Å². The van der Waals surface area contributed by atoms with Crippen LogP contribution >= 0.6 is 17.2 Å². The van der Waals surface area contributed by atoms with Crippen LogP contribution in [0.25, 0.3) is 11.1 Å². The molecule has 5 atom stereocenters. The number of nitrogens with zero attached hydrogens (tertiary/aromatic N) is 3. The number of alkyl halides is 3. The van der Waals surface area contributed by atoms with Gasteiger partial charge in [0.25, 0.3) is 5.56 Å². The Morgan fingerprint density at radius 1 is 1.02 bits per heavy atom. The summed E-state index contributed by atoms with van der Waals surface area (Å²) in [6.45, 7) is -1.48. The number of halogens is 3. The number of ether oxygens (including phenoxy) is 1. The number of aromatic nitrogens is 3. The van der Waals surface area contributed by atoms with Crippen molar-refractivity contribution in [2.75, 3.05) is 6.61 Å². The normalized spacial score (nSPS) is 22.1. The van der Waals surface area contributed by atoms with Gasteiger partial charge < -0.3 is 34.2 Å². The molecule has 5 N–H and O–H groups in total. The van der Waals surface area contributed by atoms with Crippen LogP contribution in [-0.2, 0) is 26.3 Å². The molecule has 2 aromatic heterocycles. The molecule has 0 aliphatic carbocycles. The van der Waals surface area contributed by atoms with Gasteiger partial charge in [0.1, 0.15) is 18.3 Å². The van der Waals surface area contributed by atoms with Crippen molar-refractivity contribution in [1.29, 1.82) is 0 Å². The predicted molar refractivity (Wildman–Crippen MR) is 132 cm³/mol. The van der Waals surface area contributed by atoms with Crippen LogP contribution < -0.4 is 11.2 Å². The highest BCUT2D eigenvalue weighted by Gasteiger charge is 2.45. The molecule has 3 aromatic rings. The van der Waals surface area contributed by atoms with Crippen molar-refractivity contribution in [2.24, 2.45) is 0 Å². The molecule has 0 saturated carbocycles. The smallest absolute Gasteiger partial charge is 0.387 e. The Balaban J connectivity index is 1.66. The van der Waals surface area contributed by atoms with Gasteiger partial charge in [0.15, 0.2) is 6.23 Å². The quantitative estimate of drug-likeness (QED) is 0.220. The molecule has 5 unspecified atom stereocenters. The lowest BCUT2D eigenvalue weighted by Crippen LogP contribution is -2.43. The average Bonchev–Trinajstić information content (AvgIpc) is 3.17. The van der Waals surface area contributed by atoms with Crippen LogP contribution in [0.3, 0.4) is 0 Å². The fourth-order valence-corrected chi connectivity index (χ4v) is 5.10. The topological polar surface area (TPSA) is 186 Å². The molecule has 1 aliphatic rings. The number of pyridine rings is 1. The largest absolute Gasteiger partial charge is 0.418 e. The summed E-state index contributed by atoms with van der Waals surface area (Å²) in [4.78, 5) is 56.6. The molecule has 0 amide bonds. The Hall–Kier alpha value is -2.62. The van der Waals surface area contributed by atoms with E-state index in [1.54, 1.807) is 18.2 Å². The van der Waals surface area contributed by atoms with E-state index in [2.05, 4.69) is 9.29 Å². The number of aliphatic hydroxyl groups excluding tert-OH is 2. The lowest BCUT2D eigenvalue weighted by molar-refractivity contribution is -0.138. The van der Waals surface area contributed by atoms with Crippen LogP contribution in [0.2, 0.25) is 0 Å². The standard InChI is InChI=1S/C22H22F3N3O10P2/c23-22(24,25)17-13(12-4-2-1-3-5-12)6-8-26-14(17)10-28-16(29)7-9-27(21(28)32)20-19(31)18(30)15(37-20)11-36-40(35)38-39(33)34/h1-9,15,18-20,30-31,33-35H,10-11H2. The minimum Gasteiger partial charge on any atom is -0.387 e. The first-order valence-corrected chi connectivity index (χ1v) is 13.6. The molecule has 0 spiro atoms. The minimum absolute atomic E-state index is 0.203. The van der Waals surface area contributed by atoms with E-state index < -0.39 is 83.6 Å². The lowest BCUT2D eigenvalue weighted by atomic mass is 9.98. The molecular formula is C22H22F3N3O10P2. The third kappa shape index (κ3) is 6.64. The Morgan fingerprint density at radius 3 is 2.38 bits per heavy atom. The fourth-order valence-electron chi connectivity index (χ4n) is 4.14. The second-order valence-corrected chi connectivity index (χ2v) is 10.3. The summed E-state index contributed by atoms with van der Waals surface area (Å²) in [7, 11) is -5.71. The zero-order valence-electron chi connectivity index (χ0n) is 20.1. The second-order valence-electron chi connectivity index (χ2n) is 8.39. The van der Waals surface area contributed by atoms with E-state index >= 15 is 0 Å². The van der Waals surface area contributed by atoms with Crippen molar-refractivity contribution in [1.82, 2.24) is 14.1 Å². The Kier molecular flexibility index (Phi) is 9.47. The molecule has 3 heterocycles. The summed E-state index contributed by atoms with van der Waals surface area (Å²) in [5, 5.41) is 20.8. The van der Waals surface area contributed by atoms with Gasteiger partial charge in [0.05, 0.1) is 24.4 Å². The van der Waals surface area contributed by atoms with Crippen molar-refractivity contribution in [3.8, 4) is 11.1 Å². The fraction of sp³-hybridized carbons (Fsp3) is 0.318. The van der Waals surface area contributed by atoms with E-state index in [-0.39, 0.29) is 11.1 Å². The van der Waals surface area contributed by atoms with Crippen LogP contribution in [0.15, 0.2) is 64.4 Å². The Bertz CT molecular complexity index is 1440. The van der Waals surface area contributed by atoms with Crippen molar-refractivity contribution >= 4 is 17.2 Å². The monoisotopic (exact) mass is 607 g/mol. The maximum atomic E-state index is 14.2. The average molecular weight is 607 g/mol. The molecule has 1 saturated heterocycles. The summed E-state index contributed by atoms with van der Waals surface area (Å²) in [5.74, 6) is 0. The molecule has 216 valence electrons. The molecule has 13 nitrogen and oxygen atoms in total. The van der Waals surface area contributed by atoms with Crippen molar-refractivity contribution in [3.63, 3.8) is 0 Å². The third-order valence-corrected chi connectivity index (χ3v) is 7.42. The molecule has 1 fully saturated rings. The number of aliphatic hydroxyl groups is 2. The maximum Gasteiger partial charge on any atom is 0.418 e. The first kappa shape index (κ1) is 30.3. The summed E-state index contributed by atoms with van der Waals surface area (Å²) >= 11 is 0. The number of hydrogen-bond donors (Lipinski definition) is 5. The van der Waals surface area contributed by atoms with Crippen molar-refractivity contribution in [2.45, 2.75) is 37.3 Å². The molecule has 1 aliphatic heterocycles. The third-order valence-electron chi connectivity index (χ3n) is 5.90. The molecule has 0 bridgehead atoms. The van der Waals surface area contributed by atoms with Crippen LogP contribution in [0.5, 0.6) is 0 Å². The minimum atomic E-state index is -4.89. The van der Waals surface area contributed by atoms with Gasteiger partial charge in [-0.15, -0.1) is 0 Å². The highest BCUT2D eigenvalue weighted by molar-refractivity contribution is 7.54. The van der Waals surface area contributed by atoms with Gasteiger partial charge in [-0.1, -0.05) is 30.3 Å². The zero-order chi connectivity index (χ0) is 29.2. The maximum absolute atomic E-state index is 14.2. The molecule has 18 heteroatoms. The van der Waals surface area contributed by atoms with E-state index in [0.29, 0.717) is 9.13 Å². The second kappa shape index (κ2) is 12.5. The van der Waals surface area contributed by atoms with E-state index in [9.17, 15) is 37.9 Å². The lowest BCUT2D eigenvalue weighted by Gasteiger charge is -2.20. The summed E-state index contributed by atoms with van der Waals surface area (Å²) < 4.78 is 58.3. The van der Waals surface area contributed by atoms with Crippen molar-refractivity contribution < 1.29 is 51.6 Å². The van der Waals surface area contributed by atoms with Gasteiger partial charge in [0, 0.05) is 18.5 Å². The molecule has 1 aromatic carbocycles. The molecule has 0 radical (unpaired) electrons. The van der Waals surface area contributed by atoms with E-state index in [0.717, 1.165) is 18.5 Å². The van der Waals surface area contributed by atoms with E-state index in [1.807, 2.05) is 0 Å². The summed E-state index contributed by atoms with van der Waals surface area (Å²) in [6, 6.07) is 9.73. The van der Waals surface area contributed by atoms with Gasteiger partial charge in [-0.25, -0.2) is 9.11 Å². The zero-order valence-corrected chi connectivity index (χ0v) is 21.9. The van der Waals surface area contributed by atoms with Gasteiger partial charge in [-0.05, 0) is 17.2 Å². The van der Waals surface area contributed by atoms with Gasteiger partial charge in [-0.2, -0.15) is 13.2 Å². The number of hydrogen-bond acceptors (Lipinski definition) is 11. The first-order valence-electron chi connectivity index (χ1n) is 11.3. The van der Waals surface area contributed by atoms with Gasteiger partial charge >= 0.3 is 29.1 Å². The van der Waals surface area contributed by atoms with Crippen LogP contribution in [0, 0.1) is 0 Å². The Morgan fingerprint density at radius 2 is 1.73 bits per heavy atom. The number of rotatable bonds is 9. The molecule has 40 heavy (non-hydrogen) atoms. The van der Waals surface area contributed by atoms with E-state index in [4.69, 9.17) is 19.0 Å². The summed E-state index contributed by atoms with van der Waals surface area (Å²) in [5.41, 5.74) is -3.82. The predicted octanol–water partition coefficient (Wildman–Crippen LogP) is 1.22. The van der Waals surface area contributed by atoms with Gasteiger partial charge in [-0.3, -0.25) is 18.9 Å². The van der Waals surface area contributed by atoms with Crippen molar-refractivity contribution in [3.05, 3.63) is 87.0 Å². The Labute approximate surface area is 225 Å². The molecular weight excluding hydrogens is 585 g/mol. The van der Waals surface area contributed by atoms with Crippen LogP contribution in [0.4, 0.5) is 13.2 Å². The van der Waals surface area contributed by atoms with E-state index in [1.165, 1.54) is 18.2 Å². The highest BCUT2D eigenvalue weighted by atomic mass is 31.2. The van der Waals surface area contributed by atoms with Gasteiger partial charge in [0.2, 0.25) is 0 Å².